The Morgan fingerprint density at radius 3 is 2.80 bits per heavy atom. The maximum Gasteiger partial charge on any atom is 0.328 e. The predicted molar refractivity (Wildman–Crippen MR) is 76.2 cm³/mol. The number of carbonyl (C=O) groups is 1. The van der Waals surface area contributed by atoms with E-state index in [1.807, 2.05) is 23.6 Å². The third-order valence-corrected chi connectivity index (χ3v) is 3.27. The lowest BCUT2D eigenvalue weighted by Gasteiger charge is -2.17. The zero-order chi connectivity index (χ0) is 14.7. The molecule has 0 saturated carbocycles. The molecule has 0 aliphatic heterocycles. The molecule has 6 nitrogen and oxygen atoms in total. The second-order valence-electron chi connectivity index (χ2n) is 4.49. The van der Waals surface area contributed by atoms with Gasteiger partial charge in [-0.05, 0) is 18.6 Å². The topological polar surface area (TPSA) is 79.4 Å². The molecule has 108 valence electrons. The molecule has 0 fully saturated rings. The van der Waals surface area contributed by atoms with Crippen LogP contribution < -0.4 is 5.73 Å². The summed E-state index contributed by atoms with van der Waals surface area (Å²) in [6.07, 6.45) is 0.601. The van der Waals surface area contributed by atoms with Crippen LogP contribution in [0, 0.1) is 0 Å². The van der Waals surface area contributed by atoms with Crippen LogP contribution in [-0.4, -0.2) is 29.7 Å². The molecule has 1 aromatic carbocycles. The zero-order valence-electron chi connectivity index (χ0n) is 11.9. The summed E-state index contributed by atoms with van der Waals surface area (Å²) in [5.41, 5.74) is 8.03. The predicted octanol–water partition coefficient (Wildman–Crippen LogP) is 1.89. The lowest BCUT2D eigenvalue weighted by Crippen LogP contribution is -2.22. The first-order chi connectivity index (χ1) is 9.63. The van der Waals surface area contributed by atoms with E-state index in [0.717, 1.165) is 5.52 Å². The summed E-state index contributed by atoms with van der Waals surface area (Å²) in [7, 11) is 2.97. The van der Waals surface area contributed by atoms with Crippen LogP contribution in [0.3, 0.4) is 0 Å². The molecule has 2 rings (SSSR count). The number of methoxy groups -OCH3 is 2. The molecule has 0 saturated heterocycles. The van der Waals surface area contributed by atoms with Crippen LogP contribution in [-0.2, 0) is 20.9 Å². The Morgan fingerprint density at radius 2 is 2.20 bits per heavy atom. The van der Waals surface area contributed by atoms with Crippen molar-refractivity contribution in [3.05, 3.63) is 24.0 Å². The van der Waals surface area contributed by atoms with Crippen LogP contribution >= 0.6 is 0 Å². The standard InChI is InChI=1S/C14H19N3O3/c1-4-10(14(18)20-3)17-11-7-5-6-9(15)13(11)16-12(17)8-19-2/h5-7,10H,4,8,15H2,1-3H3. The van der Waals surface area contributed by atoms with Gasteiger partial charge in [0.2, 0.25) is 0 Å². The normalized spacial score (nSPS) is 12.6. The van der Waals surface area contributed by atoms with Crippen molar-refractivity contribution in [1.82, 2.24) is 9.55 Å². The maximum atomic E-state index is 12.0. The molecule has 2 N–H and O–H groups in total. The fraction of sp³-hybridized carbons (Fsp3) is 0.429. The number of nitrogen functional groups attached to an aromatic ring is 1. The highest BCUT2D eigenvalue weighted by Gasteiger charge is 2.25. The van der Waals surface area contributed by atoms with E-state index >= 15 is 0 Å². The average molecular weight is 277 g/mol. The number of nitrogens with zero attached hydrogens (tertiary/aromatic N) is 2. The Balaban J connectivity index is 2.67. The van der Waals surface area contributed by atoms with Gasteiger partial charge in [-0.3, -0.25) is 0 Å². The largest absolute Gasteiger partial charge is 0.467 e. The van der Waals surface area contributed by atoms with Gasteiger partial charge in [-0.15, -0.1) is 0 Å². The van der Waals surface area contributed by atoms with Gasteiger partial charge in [-0.1, -0.05) is 13.0 Å². The summed E-state index contributed by atoms with van der Waals surface area (Å²) in [4.78, 5) is 16.5. The molecule has 0 bridgehead atoms. The Morgan fingerprint density at radius 1 is 1.45 bits per heavy atom. The van der Waals surface area contributed by atoms with Crippen molar-refractivity contribution in [3.63, 3.8) is 0 Å². The minimum atomic E-state index is -0.433. The van der Waals surface area contributed by atoms with E-state index in [1.165, 1.54) is 7.11 Å². The average Bonchev–Trinajstić information content (AvgIpc) is 2.80. The fourth-order valence-corrected chi connectivity index (χ4v) is 2.36. The number of para-hydroxylation sites is 1. The quantitative estimate of drug-likeness (QED) is 0.667. The van der Waals surface area contributed by atoms with Crippen LogP contribution in [0.2, 0.25) is 0 Å². The minimum Gasteiger partial charge on any atom is -0.467 e. The molecule has 1 heterocycles. The van der Waals surface area contributed by atoms with Crippen molar-refractivity contribution in [2.45, 2.75) is 26.0 Å². The van der Waals surface area contributed by atoms with Crippen molar-refractivity contribution in [1.29, 1.82) is 0 Å². The number of rotatable bonds is 5. The molecule has 6 heteroatoms. The number of ether oxygens (including phenoxy) is 2. The molecular weight excluding hydrogens is 258 g/mol. The molecule has 20 heavy (non-hydrogen) atoms. The van der Waals surface area contributed by atoms with E-state index in [1.54, 1.807) is 13.2 Å². The van der Waals surface area contributed by atoms with Crippen LogP contribution in [0.25, 0.3) is 11.0 Å². The van der Waals surface area contributed by atoms with E-state index in [0.29, 0.717) is 30.1 Å². The Hall–Kier alpha value is -2.08. The third-order valence-electron chi connectivity index (χ3n) is 3.27. The van der Waals surface area contributed by atoms with Crippen molar-refractivity contribution in [2.75, 3.05) is 20.0 Å². The number of carbonyl (C=O) groups excluding carboxylic acids is 1. The number of benzene rings is 1. The lowest BCUT2D eigenvalue weighted by molar-refractivity contribution is -0.144. The van der Waals surface area contributed by atoms with Crippen LogP contribution in [0.15, 0.2) is 18.2 Å². The summed E-state index contributed by atoms with van der Waals surface area (Å²) in [6.45, 7) is 2.23. The molecular formula is C14H19N3O3. The van der Waals surface area contributed by atoms with Crippen LogP contribution in [0.1, 0.15) is 25.2 Å². The Bertz CT molecular complexity index is 621. The molecule has 1 atom stereocenters. The van der Waals surface area contributed by atoms with Gasteiger partial charge < -0.3 is 19.8 Å². The van der Waals surface area contributed by atoms with Crippen molar-refractivity contribution in [3.8, 4) is 0 Å². The van der Waals surface area contributed by atoms with Crippen molar-refractivity contribution >= 4 is 22.7 Å². The number of hydrogen-bond acceptors (Lipinski definition) is 5. The second kappa shape index (κ2) is 5.92. The summed E-state index contributed by atoms with van der Waals surface area (Å²) in [6, 6.07) is 5.09. The highest BCUT2D eigenvalue weighted by atomic mass is 16.5. The smallest absolute Gasteiger partial charge is 0.328 e. The number of anilines is 1. The number of esters is 1. The summed E-state index contributed by atoms with van der Waals surface area (Å²) in [5.74, 6) is 0.365. The lowest BCUT2D eigenvalue weighted by atomic mass is 10.2. The molecule has 2 aromatic rings. The first-order valence-corrected chi connectivity index (χ1v) is 6.46. The number of imidazole rings is 1. The van der Waals surface area contributed by atoms with Crippen molar-refractivity contribution < 1.29 is 14.3 Å². The highest BCUT2D eigenvalue weighted by molar-refractivity contribution is 5.89. The summed E-state index contributed by atoms with van der Waals surface area (Å²) < 4.78 is 11.9. The second-order valence-corrected chi connectivity index (χ2v) is 4.49. The molecule has 0 spiro atoms. The van der Waals surface area contributed by atoms with E-state index in [4.69, 9.17) is 15.2 Å². The number of fused-ring (bicyclic) bond motifs is 1. The van der Waals surface area contributed by atoms with Gasteiger partial charge in [-0.2, -0.15) is 0 Å². The Kier molecular flexibility index (Phi) is 4.24. The molecule has 0 amide bonds. The van der Waals surface area contributed by atoms with E-state index in [-0.39, 0.29) is 5.97 Å². The van der Waals surface area contributed by atoms with Gasteiger partial charge in [0.25, 0.3) is 0 Å². The molecule has 0 radical (unpaired) electrons. The highest BCUT2D eigenvalue weighted by Crippen LogP contribution is 2.27. The zero-order valence-corrected chi connectivity index (χ0v) is 11.9. The first kappa shape index (κ1) is 14.3. The van der Waals surface area contributed by atoms with E-state index in [9.17, 15) is 4.79 Å². The van der Waals surface area contributed by atoms with E-state index in [2.05, 4.69) is 4.98 Å². The van der Waals surface area contributed by atoms with Gasteiger partial charge in [0.05, 0.1) is 18.3 Å². The fourth-order valence-electron chi connectivity index (χ4n) is 2.36. The first-order valence-electron chi connectivity index (χ1n) is 6.46. The van der Waals surface area contributed by atoms with Gasteiger partial charge in [-0.25, -0.2) is 9.78 Å². The number of nitrogens with two attached hydrogens (primary N) is 1. The van der Waals surface area contributed by atoms with Crippen LogP contribution in [0.5, 0.6) is 0 Å². The van der Waals surface area contributed by atoms with Gasteiger partial charge in [0.1, 0.15) is 24.0 Å². The maximum absolute atomic E-state index is 12.0. The Labute approximate surface area is 117 Å². The summed E-state index contributed by atoms with van der Waals surface area (Å²) in [5, 5.41) is 0. The van der Waals surface area contributed by atoms with Crippen molar-refractivity contribution in [2.24, 2.45) is 0 Å². The number of aromatic nitrogens is 2. The molecule has 0 aliphatic rings. The van der Waals surface area contributed by atoms with Gasteiger partial charge in [0, 0.05) is 7.11 Å². The van der Waals surface area contributed by atoms with Gasteiger partial charge >= 0.3 is 5.97 Å². The molecule has 0 aliphatic carbocycles. The van der Waals surface area contributed by atoms with Crippen LogP contribution in [0.4, 0.5) is 5.69 Å². The monoisotopic (exact) mass is 277 g/mol. The minimum absolute atomic E-state index is 0.299. The summed E-state index contributed by atoms with van der Waals surface area (Å²) >= 11 is 0. The third kappa shape index (κ3) is 2.34. The molecule has 1 unspecified atom stereocenters. The van der Waals surface area contributed by atoms with E-state index < -0.39 is 6.04 Å². The number of hydrogen-bond donors (Lipinski definition) is 1. The SMILES string of the molecule is CCC(C(=O)OC)n1c(COC)nc2c(N)cccc21. The van der Waals surface area contributed by atoms with Gasteiger partial charge in [0.15, 0.2) is 0 Å². The molecule has 1 aromatic heterocycles.